The van der Waals surface area contributed by atoms with Gasteiger partial charge < -0.3 is 15.0 Å². The molecule has 7 heteroatoms. The molecule has 1 saturated heterocycles. The standard InChI is InChI=1S/C20H28FN3O2.HI/c1-3-26-18(25)15-5-4-12-24(13-15)19(22-2)23-14-20(10-11-20)16-6-8-17(21)9-7-16;/h6-9,15H,3-5,10-14H2,1-2H3,(H,22,23);1H. The van der Waals surface area contributed by atoms with Crippen LogP contribution in [0.2, 0.25) is 0 Å². The SMILES string of the molecule is CCOC(=O)C1CCCN(C(=NC)NCC2(c3ccc(F)cc3)CC2)C1.I. The van der Waals surface area contributed by atoms with E-state index in [9.17, 15) is 9.18 Å². The third-order valence-electron chi connectivity index (χ3n) is 5.45. The molecule has 1 aromatic carbocycles. The Bertz CT molecular complexity index is 662. The lowest BCUT2D eigenvalue weighted by Crippen LogP contribution is -2.49. The van der Waals surface area contributed by atoms with Crippen LogP contribution in [0.15, 0.2) is 29.3 Å². The highest BCUT2D eigenvalue weighted by atomic mass is 127. The number of aliphatic imine (C=N–C) groups is 1. The number of likely N-dealkylation sites (tertiary alicyclic amines) is 1. The number of rotatable bonds is 5. The van der Waals surface area contributed by atoms with Gasteiger partial charge in [-0.05, 0) is 50.3 Å². The van der Waals surface area contributed by atoms with E-state index in [2.05, 4.69) is 15.2 Å². The Morgan fingerprint density at radius 1 is 1.37 bits per heavy atom. The summed E-state index contributed by atoms with van der Waals surface area (Å²) in [6.45, 7) is 4.55. The van der Waals surface area contributed by atoms with Crippen LogP contribution in [-0.2, 0) is 14.9 Å². The number of carbonyl (C=O) groups is 1. The first kappa shape index (κ1) is 21.9. The number of hydrogen-bond acceptors (Lipinski definition) is 3. The maximum absolute atomic E-state index is 13.2. The average molecular weight is 489 g/mol. The number of benzene rings is 1. The van der Waals surface area contributed by atoms with Gasteiger partial charge in [0.25, 0.3) is 0 Å². The minimum atomic E-state index is -0.202. The van der Waals surface area contributed by atoms with E-state index in [0.29, 0.717) is 13.2 Å². The Morgan fingerprint density at radius 3 is 2.67 bits per heavy atom. The number of carbonyl (C=O) groups excluding carboxylic acids is 1. The van der Waals surface area contributed by atoms with Gasteiger partial charge in [0.1, 0.15) is 5.82 Å². The molecule has 3 rings (SSSR count). The lowest BCUT2D eigenvalue weighted by molar-refractivity contribution is -0.149. The van der Waals surface area contributed by atoms with E-state index >= 15 is 0 Å². The molecule has 1 heterocycles. The molecular weight excluding hydrogens is 460 g/mol. The molecule has 1 atom stereocenters. The zero-order chi connectivity index (χ0) is 18.6. The zero-order valence-corrected chi connectivity index (χ0v) is 18.4. The van der Waals surface area contributed by atoms with Gasteiger partial charge in [-0.2, -0.15) is 0 Å². The molecule has 1 aliphatic carbocycles. The maximum atomic E-state index is 13.2. The van der Waals surface area contributed by atoms with E-state index in [0.717, 1.165) is 44.7 Å². The highest BCUT2D eigenvalue weighted by molar-refractivity contribution is 14.0. The van der Waals surface area contributed by atoms with Crippen molar-refractivity contribution in [2.24, 2.45) is 10.9 Å². The largest absolute Gasteiger partial charge is 0.466 e. The summed E-state index contributed by atoms with van der Waals surface area (Å²) >= 11 is 0. The lowest BCUT2D eigenvalue weighted by Gasteiger charge is -2.34. The quantitative estimate of drug-likeness (QED) is 0.299. The minimum Gasteiger partial charge on any atom is -0.466 e. The predicted molar refractivity (Wildman–Crippen MR) is 115 cm³/mol. The number of hydrogen-bond donors (Lipinski definition) is 1. The van der Waals surface area contributed by atoms with Gasteiger partial charge in [0.2, 0.25) is 0 Å². The molecule has 0 radical (unpaired) electrons. The van der Waals surface area contributed by atoms with Crippen molar-refractivity contribution in [1.82, 2.24) is 10.2 Å². The predicted octanol–water partition coefficient (Wildman–Crippen LogP) is 3.33. The van der Waals surface area contributed by atoms with Crippen molar-refractivity contribution in [2.45, 2.75) is 38.0 Å². The highest BCUT2D eigenvalue weighted by Gasteiger charge is 2.44. The Morgan fingerprint density at radius 2 is 2.07 bits per heavy atom. The van der Waals surface area contributed by atoms with Crippen molar-refractivity contribution in [3.63, 3.8) is 0 Å². The van der Waals surface area contributed by atoms with Crippen LogP contribution in [0.25, 0.3) is 0 Å². The molecule has 2 fully saturated rings. The number of ether oxygens (including phenoxy) is 1. The normalized spacial score (nSPS) is 21.2. The van der Waals surface area contributed by atoms with E-state index in [-0.39, 0.29) is 47.1 Å². The van der Waals surface area contributed by atoms with Crippen LogP contribution in [0.1, 0.15) is 38.2 Å². The summed E-state index contributed by atoms with van der Waals surface area (Å²) in [7, 11) is 1.77. The summed E-state index contributed by atoms with van der Waals surface area (Å²) in [6.07, 6.45) is 4.00. The fraction of sp³-hybridized carbons (Fsp3) is 0.600. The van der Waals surface area contributed by atoms with E-state index in [1.165, 1.54) is 17.7 Å². The van der Waals surface area contributed by atoms with Crippen molar-refractivity contribution < 1.29 is 13.9 Å². The molecule has 0 amide bonds. The fourth-order valence-electron chi connectivity index (χ4n) is 3.72. The summed E-state index contributed by atoms with van der Waals surface area (Å²) < 4.78 is 18.4. The molecular formula is C20H29FIN3O2. The molecule has 0 aromatic heterocycles. The Hall–Kier alpha value is -1.38. The first-order valence-electron chi connectivity index (χ1n) is 9.46. The molecule has 1 aliphatic heterocycles. The topological polar surface area (TPSA) is 53.9 Å². The molecule has 27 heavy (non-hydrogen) atoms. The number of nitrogens with one attached hydrogen (secondary N) is 1. The number of piperidine rings is 1. The smallest absolute Gasteiger partial charge is 0.310 e. The van der Waals surface area contributed by atoms with Crippen LogP contribution in [0.5, 0.6) is 0 Å². The van der Waals surface area contributed by atoms with E-state index < -0.39 is 0 Å². The van der Waals surface area contributed by atoms with Crippen LogP contribution in [-0.4, -0.2) is 50.1 Å². The van der Waals surface area contributed by atoms with Crippen LogP contribution in [0.3, 0.4) is 0 Å². The monoisotopic (exact) mass is 489 g/mol. The summed E-state index contributed by atoms with van der Waals surface area (Å²) in [4.78, 5) is 18.6. The second-order valence-corrected chi connectivity index (χ2v) is 7.23. The third kappa shape index (κ3) is 5.33. The van der Waals surface area contributed by atoms with Crippen molar-refractivity contribution in [2.75, 3.05) is 33.3 Å². The molecule has 5 nitrogen and oxygen atoms in total. The molecule has 2 aliphatic rings. The van der Waals surface area contributed by atoms with Crippen molar-refractivity contribution in [3.8, 4) is 0 Å². The van der Waals surface area contributed by atoms with E-state index in [1.54, 1.807) is 7.05 Å². The first-order valence-corrected chi connectivity index (χ1v) is 9.46. The van der Waals surface area contributed by atoms with Crippen LogP contribution < -0.4 is 5.32 Å². The molecule has 150 valence electrons. The summed E-state index contributed by atoms with van der Waals surface area (Å²) in [5, 5.41) is 3.48. The molecule has 1 N–H and O–H groups in total. The second-order valence-electron chi connectivity index (χ2n) is 7.23. The number of esters is 1. The Labute approximate surface area is 177 Å². The van der Waals surface area contributed by atoms with Crippen molar-refractivity contribution in [1.29, 1.82) is 0 Å². The van der Waals surface area contributed by atoms with Gasteiger partial charge >= 0.3 is 5.97 Å². The molecule has 1 aromatic rings. The molecule has 1 unspecified atom stereocenters. The fourth-order valence-corrected chi connectivity index (χ4v) is 3.72. The van der Waals surface area contributed by atoms with E-state index in [1.807, 2.05) is 19.1 Å². The second kappa shape index (κ2) is 9.71. The number of nitrogens with zero attached hydrogens (tertiary/aromatic N) is 2. The zero-order valence-electron chi connectivity index (χ0n) is 16.0. The van der Waals surface area contributed by atoms with Crippen molar-refractivity contribution in [3.05, 3.63) is 35.6 Å². The summed E-state index contributed by atoms with van der Waals surface area (Å²) in [5.74, 6) is 0.422. The number of guanidine groups is 1. The van der Waals surface area contributed by atoms with Gasteiger partial charge in [-0.3, -0.25) is 9.79 Å². The van der Waals surface area contributed by atoms with Gasteiger partial charge in [0.15, 0.2) is 5.96 Å². The minimum absolute atomic E-state index is 0. The molecule has 0 spiro atoms. The van der Waals surface area contributed by atoms with Crippen LogP contribution >= 0.6 is 24.0 Å². The number of halogens is 2. The van der Waals surface area contributed by atoms with Crippen LogP contribution in [0.4, 0.5) is 4.39 Å². The lowest BCUT2D eigenvalue weighted by atomic mass is 9.96. The summed E-state index contributed by atoms with van der Waals surface area (Å²) in [6, 6.07) is 6.81. The molecule has 1 saturated carbocycles. The van der Waals surface area contributed by atoms with E-state index in [4.69, 9.17) is 4.74 Å². The molecule has 0 bridgehead atoms. The van der Waals surface area contributed by atoms with Gasteiger partial charge in [-0.15, -0.1) is 24.0 Å². The van der Waals surface area contributed by atoms with Crippen LogP contribution in [0, 0.1) is 11.7 Å². The Balaban J connectivity index is 0.00000261. The van der Waals surface area contributed by atoms with Gasteiger partial charge in [0, 0.05) is 32.1 Å². The van der Waals surface area contributed by atoms with Gasteiger partial charge in [-0.25, -0.2) is 4.39 Å². The highest BCUT2D eigenvalue weighted by Crippen LogP contribution is 2.47. The van der Waals surface area contributed by atoms with Crippen molar-refractivity contribution >= 4 is 35.9 Å². The van der Waals surface area contributed by atoms with Gasteiger partial charge in [0.05, 0.1) is 12.5 Å². The Kier molecular flexibility index (Phi) is 7.88. The maximum Gasteiger partial charge on any atom is 0.310 e. The average Bonchev–Trinajstić information content (AvgIpc) is 3.44. The third-order valence-corrected chi connectivity index (χ3v) is 5.45. The summed E-state index contributed by atoms with van der Waals surface area (Å²) in [5.41, 5.74) is 1.24. The first-order chi connectivity index (χ1) is 12.6. The van der Waals surface area contributed by atoms with Gasteiger partial charge in [-0.1, -0.05) is 12.1 Å².